The van der Waals surface area contributed by atoms with Gasteiger partial charge in [0, 0.05) is 24.5 Å². The summed E-state index contributed by atoms with van der Waals surface area (Å²) in [6.07, 6.45) is 3.06. The third kappa shape index (κ3) is 2.75. The molecule has 1 fully saturated rings. The number of hydrogen-bond donors (Lipinski definition) is 2. The first-order valence-corrected chi connectivity index (χ1v) is 6.62. The van der Waals surface area contributed by atoms with Gasteiger partial charge in [-0.05, 0) is 44.4 Å². The summed E-state index contributed by atoms with van der Waals surface area (Å²) in [5.74, 6) is 0.136. The van der Waals surface area contributed by atoms with Gasteiger partial charge in [-0.15, -0.1) is 0 Å². The summed E-state index contributed by atoms with van der Waals surface area (Å²) in [7, 11) is 0. The van der Waals surface area contributed by atoms with E-state index in [1.165, 1.54) is 0 Å². The molecule has 0 aromatic heterocycles. The van der Waals surface area contributed by atoms with Crippen molar-refractivity contribution in [1.29, 1.82) is 0 Å². The minimum atomic E-state index is -0.0701. The van der Waals surface area contributed by atoms with Gasteiger partial charge in [-0.1, -0.05) is 6.07 Å². The van der Waals surface area contributed by atoms with Gasteiger partial charge in [-0.25, -0.2) is 0 Å². The molecule has 98 valence electrons. The summed E-state index contributed by atoms with van der Waals surface area (Å²) >= 11 is 0. The highest BCUT2D eigenvalue weighted by Crippen LogP contribution is 2.23. The monoisotopic (exact) mass is 247 g/mol. The molecule has 0 spiro atoms. The number of carbonyl (C=O) groups is 1. The fourth-order valence-corrected chi connectivity index (χ4v) is 2.51. The van der Waals surface area contributed by atoms with Crippen LogP contribution in [-0.4, -0.2) is 25.0 Å². The minimum absolute atomic E-state index is 0.0701. The third-order valence-electron chi connectivity index (χ3n) is 3.42. The number of amides is 1. The van der Waals surface area contributed by atoms with Gasteiger partial charge in [-0.3, -0.25) is 4.79 Å². The lowest BCUT2D eigenvalue weighted by molar-refractivity contribution is -0.122. The number of nitrogen functional groups attached to an aromatic ring is 1. The summed E-state index contributed by atoms with van der Waals surface area (Å²) in [6, 6.07) is 7.67. The molecule has 1 aliphatic rings. The van der Waals surface area contributed by atoms with Crippen molar-refractivity contribution in [3.8, 4) is 0 Å². The molecule has 0 saturated carbocycles. The van der Waals surface area contributed by atoms with Crippen molar-refractivity contribution in [2.45, 2.75) is 32.2 Å². The van der Waals surface area contributed by atoms with Gasteiger partial charge >= 0.3 is 0 Å². The van der Waals surface area contributed by atoms with E-state index in [2.05, 4.69) is 17.1 Å². The molecule has 1 atom stereocenters. The maximum absolute atomic E-state index is 12.1. The predicted octanol–water partition coefficient (Wildman–Crippen LogP) is 1.76. The number of nitrogens with zero attached hydrogens (tertiary/aromatic N) is 1. The van der Waals surface area contributed by atoms with Gasteiger partial charge in [0.15, 0.2) is 0 Å². The Kier molecular flexibility index (Phi) is 4.07. The Morgan fingerprint density at radius 3 is 3.00 bits per heavy atom. The summed E-state index contributed by atoms with van der Waals surface area (Å²) in [6.45, 7) is 3.67. The molecule has 4 nitrogen and oxygen atoms in total. The van der Waals surface area contributed by atoms with E-state index in [4.69, 9.17) is 5.73 Å². The molecular weight excluding hydrogens is 226 g/mol. The second-order valence-corrected chi connectivity index (χ2v) is 4.68. The third-order valence-corrected chi connectivity index (χ3v) is 3.42. The Labute approximate surface area is 108 Å². The lowest BCUT2D eigenvalue weighted by Gasteiger charge is -2.31. The molecule has 0 aliphatic carbocycles. The SMILES string of the molecule is CCN(c1cccc(N)c1)C1CCCCNC1=O. The first kappa shape index (κ1) is 12.7. The lowest BCUT2D eigenvalue weighted by Crippen LogP contribution is -2.46. The van der Waals surface area contributed by atoms with Crippen molar-refractivity contribution in [2.75, 3.05) is 23.7 Å². The molecule has 1 amide bonds. The van der Waals surface area contributed by atoms with Crippen LogP contribution in [0.3, 0.4) is 0 Å². The van der Waals surface area contributed by atoms with Crippen molar-refractivity contribution in [1.82, 2.24) is 5.32 Å². The zero-order chi connectivity index (χ0) is 13.0. The van der Waals surface area contributed by atoms with Crippen LogP contribution in [-0.2, 0) is 4.79 Å². The van der Waals surface area contributed by atoms with Gasteiger partial charge in [-0.2, -0.15) is 0 Å². The highest BCUT2D eigenvalue weighted by atomic mass is 16.2. The van der Waals surface area contributed by atoms with E-state index in [9.17, 15) is 4.79 Å². The average Bonchev–Trinajstić information content (AvgIpc) is 2.56. The summed E-state index contributed by atoms with van der Waals surface area (Å²) in [5, 5.41) is 2.98. The Hall–Kier alpha value is -1.71. The average molecular weight is 247 g/mol. The molecule has 4 heteroatoms. The van der Waals surface area contributed by atoms with Crippen molar-refractivity contribution >= 4 is 17.3 Å². The van der Waals surface area contributed by atoms with Crippen molar-refractivity contribution in [3.05, 3.63) is 24.3 Å². The van der Waals surface area contributed by atoms with E-state index >= 15 is 0 Å². The zero-order valence-corrected chi connectivity index (χ0v) is 10.9. The highest BCUT2D eigenvalue weighted by Gasteiger charge is 2.26. The Bertz CT molecular complexity index is 419. The molecule has 1 aromatic rings. The van der Waals surface area contributed by atoms with Crippen LogP contribution in [0.5, 0.6) is 0 Å². The Morgan fingerprint density at radius 1 is 1.44 bits per heavy atom. The van der Waals surface area contributed by atoms with Crippen LogP contribution in [0.25, 0.3) is 0 Å². The first-order chi connectivity index (χ1) is 8.72. The van der Waals surface area contributed by atoms with Crippen LogP contribution in [0.15, 0.2) is 24.3 Å². The summed E-state index contributed by atoms with van der Waals surface area (Å²) in [5.41, 5.74) is 7.58. The van der Waals surface area contributed by atoms with Crippen LogP contribution in [0.4, 0.5) is 11.4 Å². The van der Waals surface area contributed by atoms with Crippen LogP contribution in [0, 0.1) is 0 Å². The fourth-order valence-electron chi connectivity index (χ4n) is 2.51. The van der Waals surface area contributed by atoms with E-state index in [1.807, 2.05) is 24.3 Å². The molecule has 0 radical (unpaired) electrons. The molecule has 3 N–H and O–H groups in total. The smallest absolute Gasteiger partial charge is 0.242 e. The molecule has 1 aliphatic heterocycles. The van der Waals surface area contributed by atoms with Crippen molar-refractivity contribution in [2.24, 2.45) is 0 Å². The topological polar surface area (TPSA) is 58.4 Å². The fraction of sp³-hybridized carbons (Fsp3) is 0.500. The second kappa shape index (κ2) is 5.76. The zero-order valence-electron chi connectivity index (χ0n) is 10.9. The number of hydrogen-bond acceptors (Lipinski definition) is 3. The number of carbonyl (C=O) groups excluding carboxylic acids is 1. The number of rotatable bonds is 3. The minimum Gasteiger partial charge on any atom is -0.399 e. The molecule has 0 bridgehead atoms. The molecule has 1 heterocycles. The van der Waals surface area contributed by atoms with E-state index in [1.54, 1.807) is 0 Å². The molecule has 18 heavy (non-hydrogen) atoms. The van der Waals surface area contributed by atoms with Gasteiger partial charge < -0.3 is 16.0 Å². The van der Waals surface area contributed by atoms with Crippen LogP contribution in [0.1, 0.15) is 26.2 Å². The Balaban J connectivity index is 2.23. The van der Waals surface area contributed by atoms with E-state index in [-0.39, 0.29) is 11.9 Å². The van der Waals surface area contributed by atoms with Crippen LogP contribution < -0.4 is 16.0 Å². The van der Waals surface area contributed by atoms with Crippen LogP contribution >= 0.6 is 0 Å². The number of anilines is 2. The maximum atomic E-state index is 12.1. The van der Waals surface area contributed by atoms with Crippen LogP contribution in [0.2, 0.25) is 0 Å². The van der Waals surface area contributed by atoms with Gasteiger partial charge in [0.25, 0.3) is 0 Å². The van der Waals surface area contributed by atoms with E-state index < -0.39 is 0 Å². The maximum Gasteiger partial charge on any atom is 0.242 e. The van der Waals surface area contributed by atoms with Crippen molar-refractivity contribution < 1.29 is 4.79 Å². The molecule has 1 unspecified atom stereocenters. The lowest BCUT2D eigenvalue weighted by atomic mass is 10.1. The van der Waals surface area contributed by atoms with E-state index in [0.717, 1.165) is 43.7 Å². The highest BCUT2D eigenvalue weighted by molar-refractivity contribution is 5.85. The Morgan fingerprint density at radius 2 is 2.28 bits per heavy atom. The number of benzene rings is 1. The van der Waals surface area contributed by atoms with Gasteiger partial charge in [0.2, 0.25) is 5.91 Å². The first-order valence-electron chi connectivity index (χ1n) is 6.62. The molecule has 2 rings (SSSR count). The van der Waals surface area contributed by atoms with E-state index in [0.29, 0.717) is 0 Å². The normalized spacial score (nSPS) is 20.1. The summed E-state index contributed by atoms with van der Waals surface area (Å²) in [4.78, 5) is 14.2. The quantitative estimate of drug-likeness (QED) is 0.800. The van der Waals surface area contributed by atoms with Crippen molar-refractivity contribution in [3.63, 3.8) is 0 Å². The molecule has 1 saturated heterocycles. The molecule has 1 aromatic carbocycles. The number of likely N-dealkylation sites (N-methyl/N-ethyl adjacent to an activating group) is 1. The predicted molar refractivity (Wildman–Crippen MR) is 74.5 cm³/mol. The largest absolute Gasteiger partial charge is 0.399 e. The van der Waals surface area contributed by atoms with Gasteiger partial charge in [0.1, 0.15) is 6.04 Å². The van der Waals surface area contributed by atoms with Gasteiger partial charge in [0.05, 0.1) is 0 Å². The number of nitrogens with one attached hydrogen (secondary N) is 1. The second-order valence-electron chi connectivity index (χ2n) is 4.68. The number of nitrogens with two attached hydrogens (primary N) is 1. The standard InChI is InChI=1S/C14H21N3O/c1-2-17(12-7-5-6-11(15)10-12)13-8-3-4-9-16-14(13)18/h5-7,10,13H,2-4,8-9,15H2,1H3,(H,16,18). The summed E-state index contributed by atoms with van der Waals surface area (Å²) < 4.78 is 0. The molecular formula is C14H21N3O.